The van der Waals surface area contributed by atoms with Crippen molar-refractivity contribution in [2.24, 2.45) is 0 Å². The first kappa shape index (κ1) is 21.9. The van der Waals surface area contributed by atoms with Gasteiger partial charge in [0.25, 0.3) is 0 Å². The lowest BCUT2D eigenvalue weighted by atomic mass is 9.88. The van der Waals surface area contributed by atoms with Gasteiger partial charge in [0.05, 0.1) is 5.69 Å². The number of amides is 1. The minimum atomic E-state index is -0.290. The highest BCUT2D eigenvalue weighted by molar-refractivity contribution is 5.76. The predicted octanol–water partition coefficient (Wildman–Crippen LogP) is 3.38. The Morgan fingerprint density at radius 1 is 1.25 bits per heavy atom. The maximum absolute atomic E-state index is 13.9. The Labute approximate surface area is 186 Å². The first-order valence-corrected chi connectivity index (χ1v) is 10.8. The topological polar surface area (TPSA) is 88.3 Å². The molecule has 0 radical (unpaired) electrons. The van der Waals surface area contributed by atoms with Gasteiger partial charge in [-0.1, -0.05) is 17.3 Å². The van der Waals surface area contributed by atoms with E-state index in [9.17, 15) is 9.18 Å². The molecule has 32 heavy (non-hydrogen) atoms. The molecule has 1 saturated heterocycles. The van der Waals surface area contributed by atoms with E-state index in [-0.39, 0.29) is 17.6 Å². The summed E-state index contributed by atoms with van der Waals surface area (Å²) >= 11 is 0. The molecule has 168 valence electrons. The first-order chi connectivity index (χ1) is 15.4. The van der Waals surface area contributed by atoms with E-state index in [1.54, 1.807) is 19.2 Å². The fourth-order valence-electron chi connectivity index (χ4n) is 4.01. The van der Waals surface area contributed by atoms with Crippen molar-refractivity contribution in [1.29, 1.82) is 0 Å². The molecular weight excluding hydrogens is 411 g/mol. The number of halogens is 1. The average Bonchev–Trinajstić information content (AvgIpc) is 3.22. The van der Waals surface area contributed by atoms with Gasteiger partial charge in [-0.05, 0) is 37.5 Å². The second kappa shape index (κ2) is 9.42. The second-order valence-corrected chi connectivity index (χ2v) is 8.26. The third kappa shape index (κ3) is 4.92. The Balaban J connectivity index is 1.47. The standard InChI is InChI=1S/C23H27FN6O2/c1-15-26-20(32-28-15)7-8-21(31)30-11-9-16(10-12-30)22-19(14-25-23(27-22)29(2)3)17-5-4-6-18(24)13-17/h4-6,13-14,16H,7-12H2,1-3H3. The lowest BCUT2D eigenvalue weighted by Gasteiger charge is -2.32. The van der Waals surface area contributed by atoms with Gasteiger partial charge in [0, 0.05) is 57.7 Å². The largest absolute Gasteiger partial charge is 0.347 e. The Kier molecular flexibility index (Phi) is 6.43. The van der Waals surface area contributed by atoms with Crippen molar-refractivity contribution in [3.63, 3.8) is 0 Å². The van der Waals surface area contributed by atoms with Gasteiger partial charge in [-0.3, -0.25) is 4.79 Å². The molecule has 1 fully saturated rings. The minimum absolute atomic E-state index is 0.0846. The summed E-state index contributed by atoms with van der Waals surface area (Å²) in [5, 5.41) is 3.76. The average molecular weight is 439 g/mol. The summed E-state index contributed by atoms with van der Waals surface area (Å²) in [6, 6.07) is 6.51. The highest BCUT2D eigenvalue weighted by Crippen LogP contribution is 2.35. The molecule has 2 aromatic heterocycles. The van der Waals surface area contributed by atoms with Gasteiger partial charge in [-0.15, -0.1) is 0 Å². The Bertz CT molecular complexity index is 1090. The lowest BCUT2D eigenvalue weighted by molar-refractivity contribution is -0.132. The van der Waals surface area contributed by atoms with Crippen molar-refractivity contribution in [3.8, 4) is 11.1 Å². The van der Waals surface area contributed by atoms with Crippen LogP contribution in [0.4, 0.5) is 10.3 Å². The summed E-state index contributed by atoms with van der Waals surface area (Å²) in [7, 11) is 3.79. The third-order valence-electron chi connectivity index (χ3n) is 5.70. The Morgan fingerprint density at radius 2 is 2.03 bits per heavy atom. The number of hydrogen-bond acceptors (Lipinski definition) is 7. The van der Waals surface area contributed by atoms with Gasteiger partial charge < -0.3 is 14.3 Å². The number of benzene rings is 1. The van der Waals surface area contributed by atoms with E-state index >= 15 is 0 Å². The predicted molar refractivity (Wildman–Crippen MR) is 118 cm³/mol. The zero-order chi connectivity index (χ0) is 22.7. The number of piperidine rings is 1. The molecule has 1 amide bonds. The van der Waals surface area contributed by atoms with Crippen molar-refractivity contribution in [1.82, 2.24) is 25.0 Å². The monoisotopic (exact) mass is 438 g/mol. The van der Waals surface area contributed by atoms with Crippen LogP contribution in [0.2, 0.25) is 0 Å². The SMILES string of the molecule is Cc1noc(CCC(=O)N2CCC(c3nc(N(C)C)ncc3-c3cccc(F)c3)CC2)n1. The zero-order valence-corrected chi connectivity index (χ0v) is 18.6. The van der Waals surface area contributed by atoms with Crippen LogP contribution < -0.4 is 4.90 Å². The highest BCUT2D eigenvalue weighted by atomic mass is 19.1. The molecule has 0 atom stereocenters. The van der Waals surface area contributed by atoms with Crippen LogP contribution in [0.25, 0.3) is 11.1 Å². The molecule has 0 spiro atoms. The van der Waals surface area contributed by atoms with Crippen molar-refractivity contribution in [3.05, 3.63) is 53.7 Å². The zero-order valence-electron chi connectivity index (χ0n) is 18.6. The van der Waals surface area contributed by atoms with Crippen molar-refractivity contribution in [2.45, 2.75) is 38.5 Å². The van der Waals surface area contributed by atoms with Gasteiger partial charge in [0.2, 0.25) is 17.7 Å². The lowest BCUT2D eigenvalue weighted by Crippen LogP contribution is -2.38. The molecule has 4 rings (SSSR count). The summed E-state index contributed by atoms with van der Waals surface area (Å²) in [5.74, 6) is 1.64. The molecular formula is C23H27FN6O2. The number of carbonyl (C=O) groups is 1. The molecule has 0 unspecified atom stereocenters. The van der Waals surface area contributed by atoms with E-state index in [0.717, 1.165) is 29.7 Å². The molecule has 0 aliphatic carbocycles. The number of carbonyl (C=O) groups excluding carboxylic acids is 1. The fraction of sp³-hybridized carbons (Fsp3) is 0.435. The van der Waals surface area contributed by atoms with Crippen LogP contribution in [-0.4, -0.2) is 58.1 Å². The molecule has 9 heteroatoms. The van der Waals surface area contributed by atoms with E-state index in [1.807, 2.05) is 30.0 Å². The molecule has 1 aliphatic heterocycles. The third-order valence-corrected chi connectivity index (χ3v) is 5.70. The number of rotatable bonds is 6. The van der Waals surface area contributed by atoms with Gasteiger partial charge in [0.15, 0.2) is 5.82 Å². The number of nitrogens with zero attached hydrogens (tertiary/aromatic N) is 6. The van der Waals surface area contributed by atoms with E-state index in [0.29, 0.717) is 43.6 Å². The van der Waals surface area contributed by atoms with Crippen molar-refractivity contribution in [2.75, 3.05) is 32.1 Å². The normalized spacial score (nSPS) is 14.6. The van der Waals surface area contributed by atoms with Gasteiger partial charge >= 0.3 is 0 Å². The summed E-state index contributed by atoms with van der Waals surface area (Å²) in [4.78, 5) is 29.8. The molecule has 8 nitrogen and oxygen atoms in total. The van der Waals surface area contributed by atoms with E-state index in [4.69, 9.17) is 9.51 Å². The summed E-state index contributed by atoms with van der Waals surface area (Å²) < 4.78 is 19.0. The van der Waals surface area contributed by atoms with Crippen molar-refractivity contribution < 1.29 is 13.7 Å². The molecule has 0 saturated carbocycles. The molecule has 0 N–H and O–H groups in total. The van der Waals surface area contributed by atoms with E-state index in [1.165, 1.54) is 12.1 Å². The number of anilines is 1. The van der Waals surface area contributed by atoms with Crippen LogP contribution in [-0.2, 0) is 11.2 Å². The summed E-state index contributed by atoms with van der Waals surface area (Å²) in [6.45, 7) is 3.05. The molecule has 0 bridgehead atoms. The smallest absolute Gasteiger partial charge is 0.227 e. The van der Waals surface area contributed by atoms with Gasteiger partial charge in [-0.25, -0.2) is 14.4 Å². The molecule has 1 aliphatic rings. The minimum Gasteiger partial charge on any atom is -0.347 e. The van der Waals surface area contributed by atoms with Crippen LogP contribution in [0.15, 0.2) is 35.0 Å². The molecule has 3 aromatic rings. The molecule has 3 heterocycles. The number of aromatic nitrogens is 4. The van der Waals surface area contributed by atoms with Crippen LogP contribution in [0.3, 0.4) is 0 Å². The quantitative estimate of drug-likeness (QED) is 0.583. The highest BCUT2D eigenvalue weighted by Gasteiger charge is 2.27. The number of aryl methyl sites for hydroxylation is 2. The van der Waals surface area contributed by atoms with Crippen LogP contribution in [0, 0.1) is 12.7 Å². The van der Waals surface area contributed by atoms with Crippen LogP contribution >= 0.6 is 0 Å². The maximum atomic E-state index is 13.9. The summed E-state index contributed by atoms with van der Waals surface area (Å²) in [6.07, 6.45) is 4.14. The molecule has 1 aromatic carbocycles. The Hall–Kier alpha value is -3.36. The van der Waals surface area contributed by atoms with Crippen LogP contribution in [0.1, 0.15) is 42.6 Å². The first-order valence-electron chi connectivity index (χ1n) is 10.8. The summed E-state index contributed by atoms with van der Waals surface area (Å²) in [5.41, 5.74) is 2.51. The van der Waals surface area contributed by atoms with Crippen molar-refractivity contribution >= 4 is 11.9 Å². The van der Waals surface area contributed by atoms with Gasteiger partial charge in [-0.2, -0.15) is 4.98 Å². The van der Waals surface area contributed by atoms with E-state index < -0.39 is 0 Å². The second-order valence-electron chi connectivity index (χ2n) is 8.26. The maximum Gasteiger partial charge on any atom is 0.227 e. The van der Waals surface area contributed by atoms with Gasteiger partial charge in [0.1, 0.15) is 5.82 Å². The number of hydrogen-bond donors (Lipinski definition) is 0. The number of likely N-dealkylation sites (tertiary alicyclic amines) is 1. The Morgan fingerprint density at radius 3 is 2.69 bits per heavy atom. The van der Waals surface area contributed by atoms with Crippen LogP contribution in [0.5, 0.6) is 0 Å². The van der Waals surface area contributed by atoms with E-state index in [2.05, 4.69) is 15.1 Å². The fourth-order valence-corrected chi connectivity index (χ4v) is 4.01.